The highest BCUT2D eigenvalue weighted by atomic mass is 16.6. The molecule has 1 atom stereocenters. The van der Waals surface area contributed by atoms with Crippen molar-refractivity contribution in [2.24, 2.45) is 5.92 Å². The van der Waals surface area contributed by atoms with Gasteiger partial charge in [0.2, 0.25) is 0 Å². The lowest BCUT2D eigenvalue weighted by atomic mass is 10.0. The van der Waals surface area contributed by atoms with Crippen LogP contribution >= 0.6 is 0 Å². The molecule has 0 aliphatic rings. The number of nitro benzene ring substituents is 1. The van der Waals surface area contributed by atoms with E-state index in [-0.39, 0.29) is 17.2 Å². The first-order valence-corrected chi connectivity index (χ1v) is 6.41. The SMILES string of the molecule is COC(=O)[C@@H](NC(=O)c1ccc([N+](=O)[O-])c(C)c1)C(C)C. The van der Waals surface area contributed by atoms with Gasteiger partial charge in [0.1, 0.15) is 6.04 Å². The van der Waals surface area contributed by atoms with Crippen LogP contribution in [0.3, 0.4) is 0 Å². The highest BCUT2D eigenvalue weighted by Gasteiger charge is 2.25. The molecule has 1 N–H and O–H groups in total. The average Bonchev–Trinajstić information content (AvgIpc) is 2.42. The quantitative estimate of drug-likeness (QED) is 0.507. The maximum absolute atomic E-state index is 12.1. The summed E-state index contributed by atoms with van der Waals surface area (Å²) in [7, 11) is 1.25. The van der Waals surface area contributed by atoms with Gasteiger partial charge in [-0.3, -0.25) is 14.9 Å². The number of rotatable bonds is 5. The molecule has 0 unspecified atom stereocenters. The lowest BCUT2D eigenvalue weighted by Crippen LogP contribution is -2.45. The summed E-state index contributed by atoms with van der Waals surface area (Å²) in [5.41, 5.74) is 0.583. The van der Waals surface area contributed by atoms with Crippen molar-refractivity contribution < 1.29 is 19.2 Å². The van der Waals surface area contributed by atoms with Crippen LogP contribution in [0.5, 0.6) is 0 Å². The van der Waals surface area contributed by atoms with E-state index >= 15 is 0 Å². The average molecular weight is 294 g/mol. The Morgan fingerprint density at radius 3 is 2.38 bits per heavy atom. The zero-order valence-electron chi connectivity index (χ0n) is 12.4. The maximum atomic E-state index is 12.1. The van der Waals surface area contributed by atoms with Crippen LogP contribution in [-0.2, 0) is 9.53 Å². The van der Waals surface area contributed by atoms with Gasteiger partial charge in [0.15, 0.2) is 0 Å². The molecule has 0 saturated carbocycles. The van der Waals surface area contributed by atoms with Crippen molar-refractivity contribution in [3.8, 4) is 0 Å². The molecule has 0 bridgehead atoms. The molecule has 7 heteroatoms. The topological polar surface area (TPSA) is 98.5 Å². The van der Waals surface area contributed by atoms with Crippen molar-refractivity contribution in [1.82, 2.24) is 5.32 Å². The second-order valence-electron chi connectivity index (χ2n) is 4.98. The van der Waals surface area contributed by atoms with Crippen molar-refractivity contribution in [2.75, 3.05) is 7.11 Å². The Morgan fingerprint density at radius 2 is 1.95 bits per heavy atom. The van der Waals surface area contributed by atoms with Crippen molar-refractivity contribution in [1.29, 1.82) is 0 Å². The predicted octanol–water partition coefficient (Wildman–Crippen LogP) is 1.83. The molecule has 0 heterocycles. The van der Waals surface area contributed by atoms with Crippen LogP contribution in [0.15, 0.2) is 18.2 Å². The Bertz CT molecular complexity index is 568. The standard InChI is InChI=1S/C14H18N2O5/c1-8(2)12(14(18)21-4)15-13(17)10-5-6-11(16(19)20)9(3)7-10/h5-8,12H,1-4H3,(H,15,17)/t12-/m0/s1. The number of hydrogen-bond acceptors (Lipinski definition) is 5. The van der Waals surface area contributed by atoms with Crippen molar-refractivity contribution in [3.63, 3.8) is 0 Å². The van der Waals surface area contributed by atoms with E-state index < -0.39 is 22.8 Å². The molecule has 114 valence electrons. The van der Waals surface area contributed by atoms with Crippen molar-refractivity contribution >= 4 is 17.6 Å². The predicted molar refractivity (Wildman–Crippen MR) is 75.9 cm³/mol. The number of methoxy groups -OCH3 is 1. The van der Waals surface area contributed by atoms with Crippen LogP contribution in [0.4, 0.5) is 5.69 Å². The minimum atomic E-state index is -0.766. The fourth-order valence-corrected chi connectivity index (χ4v) is 1.85. The van der Waals surface area contributed by atoms with Gasteiger partial charge >= 0.3 is 5.97 Å². The number of nitrogens with zero attached hydrogens (tertiary/aromatic N) is 1. The van der Waals surface area contributed by atoms with Gasteiger partial charge in [0.05, 0.1) is 12.0 Å². The summed E-state index contributed by atoms with van der Waals surface area (Å²) >= 11 is 0. The van der Waals surface area contributed by atoms with Gasteiger partial charge in [0, 0.05) is 17.2 Å². The molecule has 21 heavy (non-hydrogen) atoms. The van der Waals surface area contributed by atoms with Crippen LogP contribution in [0, 0.1) is 23.0 Å². The summed E-state index contributed by atoms with van der Waals surface area (Å²) < 4.78 is 4.64. The van der Waals surface area contributed by atoms with Crippen LogP contribution in [0.2, 0.25) is 0 Å². The summed E-state index contributed by atoms with van der Waals surface area (Å²) in [6.07, 6.45) is 0. The van der Waals surface area contributed by atoms with E-state index in [0.29, 0.717) is 5.56 Å². The number of amides is 1. The minimum absolute atomic E-state index is 0.0556. The first-order valence-electron chi connectivity index (χ1n) is 6.41. The number of esters is 1. The Hall–Kier alpha value is -2.44. The van der Waals surface area contributed by atoms with Crippen LogP contribution < -0.4 is 5.32 Å². The largest absolute Gasteiger partial charge is 0.467 e. The number of nitro groups is 1. The molecule has 1 aromatic rings. The molecule has 0 fully saturated rings. The molecule has 0 aliphatic heterocycles. The third kappa shape index (κ3) is 4.01. The number of hydrogen-bond donors (Lipinski definition) is 1. The zero-order valence-corrected chi connectivity index (χ0v) is 12.4. The van der Waals surface area contributed by atoms with E-state index in [1.807, 2.05) is 0 Å². The van der Waals surface area contributed by atoms with E-state index in [1.54, 1.807) is 20.8 Å². The van der Waals surface area contributed by atoms with Gasteiger partial charge in [-0.15, -0.1) is 0 Å². The van der Waals surface area contributed by atoms with Crippen LogP contribution in [-0.4, -0.2) is 30.0 Å². The van der Waals surface area contributed by atoms with Crippen LogP contribution in [0.25, 0.3) is 0 Å². The number of carbonyl (C=O) groups is 2. The van der Waals surface area contributed by atoms with Gasteiger partial charge in [-0.2, -0.15) is 0 Å². The molecule has 1 aromatic carbocycles. The Balaban J connectivity index is 2.96. The van der Waals surface area contributed by atoms with Gasteiger partial charge in [-0.1, -0.05) is 13.8 Å². The van der Waals surface area contributed by atoms with E-state index in [4.69, 9.17) is 0 Å². The second kappa shape index (κ2) is 6.83. The molecule has 7 nitrogen and oxygen atoms in total. The fraction of sp³-hybridized carbons (Fsp3) is 0.429. The van der Waals surface area contributed by atoms with E-state index in [1.165, 1.54) is 25.3 Å². The molecular formula is C14H18N2O5. The molecule has 0 aromatic heterocycles. The lowest BCUT2D eigenvalue weighted by Gasteiger charge is -2.19. The summed E-state index contributed by atoms with van der Waals surface area (Å²) in [5.74, 6) is -1.14. The highest BCUT2D eigenvalue weighted by molar-refractivity contribution is 5.97. The minimum Gasteiger partial charge on any atom is -0.467 e. The number of aryl methyl sites for hydroxylation is 1. The molecule has 1 amide bonds. The Labute approximate surface area is 122 Å². The number of ether oxygens (including phenoxy) is 1. The van der Waals surface area contributed by atoms with Crippen LogP contribution in [0.1, 0.15) is 29.8 Å². The lowest BCUT2D eigenvalue weighted by molar-refractivity contribution is -0.385. The molecule has 0 saturated heterocycles. The summed E-state index contributed by atoms with van der Waals surface area (Å²) in [6, 6.07) is 3.28. The summed E-state index contributed by atoms with van der Waals surface area (Å²) in [6.45, 7) is 5.11. The van der Waals surface area contributed by atoms with Crippen molar-refractivity contribution in [2.45, 2.75) is 26.8 Å². The zero-order chi connectivity index (χ0) is 16.2. The van der Waals surface area contributed by atoms with Gasteiger partial charge in [0.25, 0.3) is 11.6 Å². The fourth-order valence-electron chi connectivity index (χ4n) is 1.85. The molecular weight excluding hydrogens is 276 g/mol. The van der Waals surface area contributed by atoms with Gasteiger partial charge in [-0.05, 0) is 25.0 Å². The number of carbonyl (C=O) groups excluding carboxylic acids is 2. The van der Waals surface area contributed by atoms with E-state index in [0.717, 1.165) is 0 Å². The molecule has 1 rings (SSSR count). The number of nitrogens with one attached hydrogen (secondary N) is 1. The van der Waals surface area contributed by atoms with Crippen molar-refractivity contribution in [3.05, 3.63) is 39.4 Å². The third-order valence-corrected chi connectivity index (χ3v) is 3.06. The highest BCUT2D eigenvalue weighted by Crippen LogP contribution is 2.19. The van der Waals surface area contributed by atoms with Gasteiger partial charge < -0.3 is 10.1 Å². The van der Waals surface area contributed by atoms with E-state index in [2.05, 4.69) is 10.1 Å². The first-order chi connectivity index (χ1) is 9.77. The first kappa shape index (κ1) is 16.6. The molecule has 0 aliphatic carbocycles. The Morgan fingerprint density at radius 1 is 1.33 bits per heavy atom. The molecule has 0 radical (unpaired) electrons. The van der Waals surface area contributed by atoms with E-state index in [9.17, 15) is 19.7 Å². The summed E-state index contributed by atoms with van der Waals surface area (Å²) in [5, 5.41) is 13.3. The summed E-state index contributed by atoms with van der Waals surface area (Å²) in [4.78, 5) is 34.0. The molecule has 0 spiro atoms. The maximum Gasteiger partial charge on any atom is 0.328 e. The smallest absolute Gasteiger partial charge is 0.328 e. The monoisotopic (exact) mass is 294 g/mol. The normalized spacial score (nSPS) is 11.9. The second-order valence-corrected chi connectivity index (χ2v) is 4.98. The Kier molecular flexibility index (Phi) is 5.40. The van der Waals surface area contributed by atoms with Gasteiger partial charge in [-0.25, -0.2) is 4.79 Å². The number of benzene rings is 1. The third-order valence-electron chi connectivity index (χ3n) is 3.06.